The summed E-state index contributed by atoms with van der Waals surface area (Å²) in [7, 11) is 0.519. The molecule has 0 saturated heterocycles. The highest BCUT2D eigenvalue weighted by Crippen LogP contribution is 2.37. The fraction of sp³-hybridized carbons (Fsp3) is 0.692. The van der Waals surface area contributed by atoms with Crippen LogP contribution in [-0.2, 0) is 16.6 Å². The molecule has 1 aliphatic carbocycles. The van der Waals surface area contributed by atoms with Gasteiger partial charge in [-0.3, -0.25) is 0 Å². The Morgan fingerprint density at radius 1 is 1.45 bits per heavy atom. The van der Waals surface area contributed by atoms with Crippen LogP contribution >= 0.6 is 0 Å². The minimum absolute atomic E-state index is 0.328. The minimum atomic E-state index is -3.42. The normalized spacial score (nSPS) is 16.0. The first-order valence-corrected chi connectivity index (χ1v) is 8.47. The van der Waals surface area contributed by atoms with Crippen LogP contribution in [0.1, 0.15) is 31.0 Å². The van der Waals surface area contributed by atoms with Crippen LogP contribution in [0.15, 0.2) is 17.2 Å². The zero-order valence-electron chi connectivity index (χ0n) is 12.2. The first kappa shape index (κ1) is 15.5. The Labute approximate surface area is 121 Å². The number of hydrogen-bond acceptors (Lipinski definition) is 4. The van der Waals surface area contributed by atoms with Gasteiger partial charge in [-0.2, -0.15) is 0 Å². The van der Waals surface area contributed by atoms with Gasteiger partial charge in [-0.25, -0.2) is 13.1 Å². The third kappa shape index (κ3) is 3.82. The molecule has 0 unspecified atom stereocenters. The number of hydrogen-bond donors (Lipinski definition) is 2. The van der Waals surface area contributed by atoms with E-state index in [0.29, 0.717) is 24.0 Å². The Kier molecular flexibility index (Phi) is 4.85. The van der Waals surface area contributed by atoms with Crippen LogP contribution in [0.4, 0.5) is 0 Å². The molecule has 0 aliphatic heterocycles. The molecular formula is C13H24N4O2S. The van der Waals surface area contributed by atoms with Crippen molar-refractivity contribution in [1.29, 1.82) is 0 Å². The number of nitrogens with two attached hydrogens (primary N) is 1. The summed E-state index contributed by atoms with van der Waals surface area (Å²) in [5.74, 6) is 0. The molecule has 1 aromatic rings. The van der Waals surface area contributed by atoms with Crippen LogP contribution in [0.2, 0.25) is 0 Å². The highest BCUT2D eigenvalue weighted by molar-refractivity contribution is 7.89. The van der Waals surface area contributed by atoms with Crippen molar-refractivity contribution in [3.63, 3.8) is 0 Å². The number of nitrogens with zero attached hydrogens (tertiary/aromatic N) is 2. The van der Waals surface area contributed by atoms with Gasteiger partial charge in [0.15, 0.2) is 0 Å². The van der Waals surface area contributed by atoms with Gasteiger partial charge in [0.1, 0.15) is 0 Å². The molecule has 0 amide bonds. The van der Waals surface area contributed by atoms with Gasteiger partial charge in [0, 0.05) is 31.0 Å². The molecule has 3 N–H and O–H groups in total. The van der Waals surface area contributed by atoms with Gasteiger partial charge < -0.3 is 15.2 Å². The van der Waals surface area contributed by atoms with E-state index in [2.05, 4.69) is 4.72 Å². The quantitative estimate of drug-likeness (QED) is 0.686. The second-order valence-electron chi connectivity index (χ2n) is 5.56. The Balaban J connectivity index is 2.01. The lowest BCUT2D eigenvalue weighted by atomic mass is 10.4. The molecule has 20 heavy (non-hydrogen) atoms. The van der Waals surface area contributed by atoms with E-state index in [1.807, 2.05) is 23.6 Å². The maximum Gasteiger partial charge on any atom is 0.242 e. The lowest BCUT2D eigenvalue weighted by Gasteiger charge is -2.09. The summed E-state index contributed by atoms with van der Waals surface area (Å²) in [4.78, 5) is 2.36. The Bertz CT molecular complexity index is 547. The van der Waals surface area contributed by atoms with Crippen molar-refractivity contribution in [2.45, 2.75) is 36.7 Å². The summed E-state index contributed by atoms with van der Waals surface area (Å²) in [5, 5.41) is 0. The molecule has 1 saturated carbocycles. The van der Waals surface area contributed by atoms with Crippen molar-refractivity contribution in [2.24, 2.45) is 5.73 Å². The number of rotatable bonds is 8. The molecule has 6 nitrogen and oxygen atoms in total. The first-order chi connectivity index (χ1) is 9.44. The third-order valence-corrected chi connectivity index (χ3v) is 4.87. The number of nitrogens with one attached hydrogen (secondary N) is 1. The minimum Gasteiger partial charge on any atom is -0.346 e. The molecule has 0 bridgehead atoms. The number of aromatic nitrogens is 1. The molecule has 2 rings (SSSR count). The van der Waals surface area contributed by atoms with E-state index in [4.69, 9.17) is 5.73 Å². The first-order valence-electron chi connectivity index (χ1n) is 6.99. The summed E-state index contributed by atoms with van der Waals surface area (Å²) in [5.41, 5.74) is 6.58. The Hall–Kier alpha value is -0.890. The van der Waals surface area contributed by atoms with Crippen LogP contribution in [0.3, 0.4) is 0 Å². The van der Waals surface area contributed by atoms with Gasteiger partial charge in [-0.15, -0.1) is 0 Å². The molecule has 0 radical (unpaired) electrons. The monoisotopic (exact) mass is 300 g/mol. The highest BCUT2D eigenvalue weighted by atomic mass is 32.2. The predicted octanol–water partition coefficient (Wildman–Crippen LogP) is 0.512. The van der Waals surface area contributed by atoms with Crippen LogP contribution in [0.25, 0.3) is 0 Å². The fourth-order valence-corrected chi connectivity index (χ4v) is 3.31. The highest BCUT2D eigenvalue weighted by Gasteiger charge is 2.27. The summed E-state index contributed by atoms with van der Waals surface area (Å²) < 4.78 is 29.1. The van der Waals surface area contributed by atoms with Gasteiger partial charge in [0.25, 0.3) is 0 Å². The Morgan fingerprint density at radius 3 is 2.70 bits per heavy atom. The van der Waals surface area contributed by atoms with Crippen molar-refractivity contribution in [3.8, 4) is 0 Å². The summed E-state index contributed by atoms with van der Waals surface area (Å²) in [6.07, 6.45) is 4.72. The van der Waals surface area contributed by atoms with Crippen LogP contribution in [-0.4, -0.2) is 45.1 Å². The topological polar surface area (TPSA) is 80.4 Å². The molecule has 1 aromatic heterocycles. The van der Waals surface area contributed by atoms with E-state index in [1.165, 1.54) is 0 Å². The summed E-state index contributed by atoms with van der Waals surface area (Å²) in [6.45, 7) is 1.68. The predicted molar refractivity (Wildman–Crippen MR) is 79.0 cm³/mol. The van der Waals surface area contributed by atoms with Gasteiger partial charge >= 0.3 is 0 Å². The van der Waals surface area contributed by atoms with E-state index in [-0.39, 0.29) is 0 Å². The van der Waals surface area contributed by atoms with Gasteiger partial charge in [0.2, 0.25) is 10.0 Å². The number of sulfonamides is 1. The standard InChI is InChI=1S/C13H24N4O2S/c1-16(2)7-3-6-15-20(18,19)13-8-12(9-14)17(10-13)11-4-5-11/h8,10-11,15H,3-7,9,14H2,1-2H3. The molecule has 0 atom stereocenters. The van der Waals surface area contributed by atoms with Crippen LogP contribution in [0, 0.1) is 0 Å². The van der Waals surface area contributed by atoms with Crippen molar-refractivity contribution in [3.05, 3.63) is 18.0 Å². The molecule has 0 spiro atoms. The van der Waals surface area contributed by atoms with E-state index < -0.39 is 10.0 Å². The second-order valence-corrected chi connectivity index (χ2v) is 7.33. The largest absolute Gasteiger partial charge is 0.346 e. The lowest BCUT2D eigenvalue weighted by Crippen LogP contribution is -2.27. The average Bonchev–Trinajstić information content (AvgIpc) is 3.13. The van der Waals surface area contributed by atoms with E-state index >= 15 is 0 Å². The smallest absolute Gasteiger partial charge is 0.242 e. The van der Waals surface area contributed by atoms with Crippen molar-refractivity contribution in [2.75, 3.05) is 27.2 Å². The van der Waals surface area contributed by atoms with E-state index in [9.17, 15) is 8.42 Å². The zero-order chi connectivity index (χ0) is 14.8. The molecule has 7 heteroatoms. The molecule has 1 fully saturated rings. The van der Waals surface area contributed by atoms with E-state index in [1.54, 1.807) is 12.3 Å². The molecular weight excluding hydrogens is 276 g/mol. The molecule has 1 heterocycles. The van der Waals surface area contributed by atoms with Gasteiger partial charge in [-0.05, 0) is 46.0 Å². The molecule has 0 aromatic carbocycles. The molecule has 114 valence electrons. The second kappa shape index (κ2) is 6.26. The third-order valence-electron chi connectivity index (χ3n) is 3.44. The van der Waals surface area contributed by atoms with Crippen molar-refractivity contribution in [1.82, 2.24) is 14.2 Å². The van der Waals surface area contributed by atoms with Crippen LogP contribution < -0.4 is 10.5 Å². The maximum atomic E-state index is 12.2. The fourth-order valence-electron chi connectivity index (χ4n) is 2.19. The SMILES string of the molecule is CN(C)CCCNS(=O)(=O)c1cc(CN)n(C2CC2)c1. The maximum absolute atomic E-state index is 12.2. The Morgan fingerprint density at radius 2 is 2.15 bits per heavy atom. The van der Waals surface area contributed by atoms with Crippen molar-refractivity contribution < 1.29 is 8.42 Å². The summed E-state index contributed by atoms with van der Waals surface area (Å²) >= 11 is 0. The van der Waals surface area contributed by atoms with Gasteiger partial charge in [0.05, 0.1) is 4.90 Å². The van der Waals surface area contributed by atoms with Gasteiger partial charge in [-0.1, -0.05) is 0 Å². The average molecular weight is 300 g/mol. The zero-order valence-corrected chi connectivity index (χ0v) is 13.0. The summed E-state index contributed by atoms with van der Waals surface area (Å²) in [6, 6.07) is 2.12. The van der Waals surface area contributed by atoms with E-state index in [0.717, 1.165) is 31.5 Å². The van der Waals surface area contributed by atoms with Crippen molar-refractivity contribution >= 4 is 10.0 Å². The van der Waals surface area contributed by atoms with Crippen LogP contribution in [0.5, 0.6) is 0 Å². The molecule has 1 aliphatic rings. The lowest BCUT2D eigenvalue weighted by molar-refractivity contribution is 0.400.